The highest BCUT2D eigenvalue weighted by Crippen LogP contribution is 2.27. The Morgan fingerprint density at radius 1 is 0.968 bits per heavy atom. The van der Waals surface area contributed by atoms with Crippen LogP contribution < -0.4 is 10.8 Å². The average molecular weight is 423 g/mol. The van der Waals surface area contributed by atoms with Crippen LogP contribution in [-0.4, -0.2) is 80.1 Å². The van der Waals surface area contributed by atoms with Gasteiger partial charge in [-0.25, -0.2) is 14.8 Å². The van der Waals surface area contributed by atoms with Crippen LogP contribution in [0.1, 0.15) is 10.5 Å². The highest BCUT2D eigenvalue weighted by Gasteiger charge is 2.19. The van der Waals surface area contributed by atoms with E-state index in [2.05, 4.69) is 31.7 Å². The van der Waals surface area contributed by atoms with Gasteiger partial charge in [-0.15, -0.1) is 0 Å². The van der Waals surface area contributed by atoms with Gasteiger partial charge in [-0.1, -0.05) is 36.4 Å². The SMILES string of the molecule is CN(C)CCNOC(=O)c1nc(NCCN(C)C)ncc1-c1ccc2ccccc2c1. The molecular formula is C23H30N6O2. The number of aromatic nitrogens is 2. The van der Waals surface area contributed by atoms with Gasteiger partial charge in [0.2, 0.25) is 5.95 Å². The summed E-state index contributed by atoms with van der Waals surface area (Å²) in [5.41, 5.74) is 4.43. The van der Waals surface area contributed by atoms with Gasteiger partial charge in [0.15, 0.2) is 5.69 Å². The van der Waals surface area contributed by atoms with Crippen LogP contribution in [0.15, 0.2) is 48.7 Å². The Balaban J connectivity index is 1.87. The van der Waals surface area contributed by atoms with Crippen LogP contribution in [0.2, 0.25) is 0 Å². The number of carbonyl (C=O) groups is 1. The van der Waals surface area contributed by atoms with E-state index in [0.717, 1.165) is 29.4 Å². The molecule has 0 spiro atoms. The summed E-state index contributed by atoms with van der Waals surface area (Å²) in [7, 11) is 7.90. The minimum Gasteiger partial charge on any atom is -0.366 e. The van der Waals surface area contributed by atoms with Crippen molar-refractivity contribution in [2.75, 3.05) is 59.7 Å². The Hall–Kier alpha value is -3.07. The number of anilines is 1. The first-order valence-electron chi connectivity index (χ1n) is 10.3. The van der Waals surface area contributed by atoms with Crippen LogP contribution >= 0.6 is 0 Å². The molecule has 8 heteroatoms. The molecule has 2 N–H and O–H groups in total. The lowest BCUT2D eigenvalue weighted by atomic mass is 10.0. The molecule has 2 aromatic carbocycles. The van der Waals surface area contributed by atoms with Gasteiger partial charge in [-0.2, -0.15) is 5.48 Å². The van der Waals surface area contributed by atoms with Gasteiger partial charge in [-0.05, 0) is 50.6 Å². The monoisotopic (exact) mass is 422 g/mol. The third-order valence-corrected chi connectivity index (χ3v) is 4.71. The van der Waals surface area contributed by atoms with Crippen LogP contribution in [0.5, 0.6) is 0 Å². The fraction of sp³-hybridized carbons (Fsp3) is 0.348. The third kappa shape index (κ3) is 6.45. The van der Waals surface area contributed by atoms with Gasteiger partial charge in [0, 0.05) is 37.9 Å². The van der Waals surface area contributed by atoms with Crippen molar-refractivity contribution in [3.8, 4) is 11.1 Å². The summed E-state index contributed by atoms with van der Waals surface area (Å²) in [4.78, 5) is 31.1. The van der Waals surface area contributed by atoms with Crippen LogP contribution in [0.4, 0.5) is 5.95 Å². The lowest BCUT2D eigenvalue weighted by Crippen LogP contribution is -2.29. The molecule has 0 aliphatic carbocycles. The Morgan fingerprint density at radius 2 is 1.68 bits per heavy atom. The molecule has 0 fully saturated rings. The second-order valence-electron chi connectivity index (χ2n) is 7.84. The highest BCUT2D eigenvalue weighted by molar-refractivity contribution is 5.97. The summed E-state index contributed by atoms with van der Waals surface area (Å²) in [6.45, 7) is 2.74. The minimum atomic E-state index is -0.542. The van der Waals surface area contributed by atoms with E-state index in [9.17, 15) is 4.79 Å². The van der Waals surface area contributed by atoms with E-state index in [1.807, 2.05) is 69.5 Å². The molecule has 0 unspecified atom stereocenters. The standard InChI is InChI=1S/C23H30N6O2/c1-28(2)13-11-24-23-25-16-20(19-10-9-17-7-5-6-8-18(17)15-19)21(27-23)22(30)31-26-12-14-29(3)4/h5-10,15-16,26H,11-14H2,1-4H3,(H,24,25,27). The zero-order valence-electron chi connectivity index (χ0n) is 18.6. The first-order chi connectivity index (χ1) is 14.9. The predicted molar refractivity (Wildman–Crippen MR) is 124 cm³/mol. The van der Waals surface area contributed by atoms with Crippen molar-refractivity contribution >= 4 is 22.7 Å². The lowest BCUT2D eigenvalue weighted by molar-refractivity contribution is 0.0237. The summed E-state index contributed by atoms with van der Waals surface area (Å²) >= 11 is 0. The second-order valence-corrected chi connectivity index (χ2v) is 7.84. The Labute approximate surface area is 183 Å². The molecule has 3 aromatic rings. The van der Waals surface area contributed by atoms with E-state index in [1.54, 1.807) is 6.20 Å². The average Bonchev–Trinajstić information content (AvgIpc) is 2.76. The van der Waals surface area contributed by atoms with Crippen molar-refractivity contribution < 1.29 is 9.63 Å². The number of fused-ring (bicyclic) bond motifs is 1. The topological polar surface area (TPSA) is 82.6 Å². The van der Waals surface area contributed by atoms with Crippen LogP contribution in [0.3, 0.4) is 0 Å². The molecular weight excluding hydrogens is 392 g/mol. The maximum atomic E-state index is 12.9. The number of rotatable bonds is 10. The van der Waals surface area contributed by atoms with Crippen molar-refractivity contribution in [3.05, 3.63) is 54.4 Å². The quantitative estimate of drug-likeness (QED) is 0.381. The van der Waals surface area contributed by atoms with Gasteiger partial charge in [0.1, 0.15) is 0 Å². The predicted octanol–water partition coefficient (Wildman–Crippen LogP) is 2.49. The molecule has 0 atom stereocenters. The van der Waals surface area contributed by atoms with Crippen LogP contribution in [0, 0.1) is 0 Å². The smallest absolute Gasteiger partial charge is 0.366 e. The maximum Gasteiger partial charge on any atom is 0.376 e. The van der Waals surface area contributed by atoms with Crippen molar-refractivity contribution in [1.82, 2.24) is 25.2 Å². The number of likely N-dealkylation sites (N-methyl/N-ethyl adjacent to an activating group) is 2. The van der Waals surface area contributed by atoms with Gasteiger partial charge in [0.25, 0.3) is 0 Å². The Morgan fingerprint density at radius 3 is 2.42 bits per heavy atom. The number of hydrogen-bond acceptors (Lipinski definition) is 8. The molecule has 0 aliphatic rings. The number of hydroxylamine groups is 1. The fourth-order valence-corrected chi connectivity index (χ4v) is 3.02. The molecule has 164 valence electrons. The summed E-state index contributed by atoms with van der Waals surface area (Å²) in [5, 5.41) is 5.37. The number of nitrogens with one attached hydrogen (secondary N) is 2. The molecule has 0 bridgehead atoms. The molecule has 0 radical (unpaired) electrons. The van der Waals surface area contributed by atoms with E-state index in [-0.39, 0.29) is 5.69 Å². The number of carbonyl (C=O) groups excluding carboxylic acids is 1. The van der Waals surface area contributed by atoms with Gasteiger partial charge in [-0.3, -0.25) is 0 Å². The number of benzene rings is 2. The van der Waals surface area contributed by atoms with Crippen LogP contribution in [-0.2, 0) is 4.84 Å². The lowest BCUT2D eigenvalue weighted by Gasteiger charge is -2.14. The zero-order chi connectivity index (χ0) is 22.2. The van der Waals surface area contributed by atoms with E-state index < -0.39 is 5.97 Å². The minimum absolute atomic E-state index is 0.218. The van der Waals surface area contributed by atoms with Gasteiger partial charge in [0.05, 0.1) is 0 Å². The van der Waals surface area contributed by atoms with Crippen molar-refractivity contribution in [2.24, 2.45) is 0 Å². The first kappa shape index (κ1) is 22.6. The normalized spacial score (nSPS) is 11.3. The number of hydrogen-bond donors (Lipinski definition) is 2. The molecule has 3 rings (SSSR count). The highest BCUT2D eigenvalue weighted by atomic mass is 16.7. The molecule has 8 nitrogen and oxygen atoms in total. The Kier molecular flexibility index (Phi) is 7.88. The van der Waals surface area contributed by atoms with Crippen molar-refractivity contribution in [3.63, 3.8) is 0 Å². The molecule has 31 heavy (non-hydrogen) atoms. The summed E-state index contributed by atoms with van der Waals surface area (Å²) in [6, 6.07) is 14.1. The van der Waals surface area contributed by atoms with E-state index in [1.165, 1.54) is 0 Å². The summed E-state index contributed by atoms with van der Waals surface area (Å²) < 4.78 is 0. The molecule has 0 amide bonds. The molecule has 1 aromatic heterocycles. The van der Waals surface area contributed by atoms with E-state index in [0.29, 0.717) is 24.6 Å². The molecule has 0 saturated heterocycles. The molecule has 0 saturated carbocycles. The first-order valence-corrected chi connectivity index (χ1v) is 10.3. The van der Waals surface area contributed by atoms with E-state index in [4.69, 9.17) is 4.84 Å². The third-order valence-electron chi connectivity index (χ3n) is 4.71. The van der Waals surface area contributed by atoms with Gasteiger partial charge >= 0.3 is 5.97 Å². The summed E-state index contributed by atoms with van der Waals surface area (Å²) in [5.74, 6) is -0.147. The molecule has 0 aliphatic heterocycles. The number of nitrogens with zero attached hydrogens (tertiary/aromatic N) is 4. The second kappa shape index (κ2) is 10.8. The summed E-state index contributed by atoms with van der Waals surface area (Å²) in [6.07, 6.45) is 1.67. The Bertz CT molecular complexity index is 1020. The van der Waals surface area contributed by atoms with Crippen molar-refractivity contribution in [1.29, 1.82) is 0 Å². The zero-order valence-corrected chi connectivity index (χ0v) is 18.6. The van der Waals surface area contributed by atoms with E-state index >= 15 is 0 Å². The largest absolute Gasteiger partial charge is 0.376 e. The van der Waals surface area contributed by atoms with Gasteiger partial charge < -0.3 is 20.0 Å². The van der Waals surface area contributed by atoms with Crippen LogP contribution in [0.25, 0.3) is 21.9 Å². The fourth-order valence-electron chi connectivity index (χ4n) is 3.02. The molecule has 1 heterocycles. The van der Waals surface area contributed by atoms with Crippen molar-refractivity contribution in [2.45, 2.75) is 0 Å². The maximum absolute atomic E-state index is 12.9.